The first-order valence-corrected chi connectivity index (χ1v) is 12.9. The van der Waals surface area contributed by atoms with E-state index in [1.54, 1.807) is 25.1 Å². The van der Waals surface area contributed by atoms with Crippen molar-refractivity contribution in [2.45, 2.75) is 70.7 Å². The van der Waals surface area contributed by atoms with Crippen molar-refractivity contribution >= 4 is 27.5 Å². The molecule has 2 saturated carbocycles. The third kappa shape index (κ3) is 3.30. The highest BCUT2D eigenvalue weighted by molar-refractivity contribution is 7.89. The molecule has 3 fully saturated rings. The van der Waals surface area contributed by atoms with Crippen LogP contribution in [0.5, 0.6) is 0 Å². The summed E-state index contributed by atoms with van der Waals surface area (Å²) < 4.78 is 28.0. The van der Waals surface area contributed by atoms with Gasteiger partial charge in [-0.3, -0.25) is 4.79 Å². The lowest BCUT2D eigenvalue weighted by atomic mass is 9.69. The van der Waals surface area contributed by atoms with Gasteiger partial charge >= 0.3 is 0 Å². The number of amides is 1. The fraction of sp³-hybridized carbons (Fsp3) is 0.696. The predicted molar refractivity (Wildman–Crippen MR) is 119 cm³/mol. The Hall–Kier alpha value is -1.11. The van der Waals surface area contributed by atoms with E-state index in [0.717, 1.165) is 19.3 Å². The largest absolute Gasteiger partial charge is 0.353 e. The minimum Gasteiger partial charge on any atom is -0.353 e. The molecule has 4 rings (SSSR count). The molecule has 2 bridgehead atoms. The molecule has 1 heterocycles. The zero-order chi connectivity index (χ0) is 21.9. The van der Waals surface area contributed by atoms with Crippen molar-refractivity contribution in [2.75, 3.05) is 13.1 Å². The molecule has 5 nitrogen and oxygen atoms in total. The SMILES string of the molecule is Cc1c(Cl)cccc1S(=O)(=O)N1CCC[C@H](C(=O)N[C@H]2C[C@H]3CC[C@]2(C)C3(C)C)C1. The number of benzene rings is 1. The van der Waals surface area contributed by atoms with Gasteiger partial charge < -0.3 is 5.32 Å². The third-order valence-corrected chi connectivity index (χ3v) is 11.1. The molecule has 1 aromatic rings. The van der Waals surface area contributed by atoms with Crippen molar-refractivity contribution in [2.24, 2.45) is 22.7 Å². The highest BCUT2D eigenvalue weighted by atomic mass is 35.5. The van der Waals surface area contributed by atoms with Crippen LogP contribution in [-0.4, -0.2) is 37.8 Å². The zero-order valence-electron chi connectivity index (χ0n) is 18.4. The summed E-state index contributed by atoms with van der Waals surface area (Å²) in [6.07, 6.45) is 4.83. The normalized spacial score (nSPS) is 33.6. The number of rotatable bonds is 4. The number of nitrogens with zero attached hydrogens (tertiary/aromatic N) is 1. The number of nitrogens with one attached hydrogen (secondary N) is 1. The highest BCUT2D eigenvalue weighted by Gasteiger charge is 2.61. The number of piperidine rings is 1. The fourth-order valence-corrected chi connectivity index (χ4v) is 8.09. The standard InChI is InChI=1S/C23H33ClN2O3S/c1-15-18(24)8-5-9-19(15)30(28,29)26-12-6-7-16(14-26)21(27)25-20-13-17-10-11-23(20,4)22(17,2)3/h5,8-9,16-17,20H,6-7,10-14H2,1-4H3,(H,25,27)/t16-,17+,20-,23-/m0/s1. The molecule has 7 heteroatoms. The monoisotopic (exact) mass is 452 g/mol. The van der Waals surface area contributed by atoms with Crippen LogP contribution in [0.2, 0.25) is 5.02 Å². The highest BCUT2D eigenvalue weighted by Crippen LogP contribution is 2.65. The Morgan fingerprint density at radius 3 is 2.60 bits per heavy atom. The van der Waals surface area contributed by atoms with E-state index >= 15 is 0 Å². The van der Waals surface area contributed by atoms with Gasteiger partial charge in [-0.25, -0.2) is 8.42 Å². The van der Waals surface area contributed by atoms with Crippen LogP contribution in [-0.2, 0) is 14.8 Å². The van der Waals surface area contributed by atoms with E-state index in [4.69, 9.17) is 11.6 Å². The lowest BCUT2D eigenvalue weighted by Gasteiger charge is -2.40. The average Bonchev–Trinajstić information content (AvgIpc) is 3.03. The van der Waals surface area contributed by atoms with Crippen LogP contribution in [0.15, 0.2) is 23.1 Å². The van der Waals surface area contributed by atoms with Crippen molar-refractivity contribution in [1.29, 1.82) is 0 Å². The van der Waals surface area contributed by atoms with Crippen LogP contribution in [0.4, 0.5) is 0 Å². The molecule has 4 atom stereocenters. The van der Waals surface area contributed by atoms with Crippen LogP contribution < -0.4 is 5.32 Å². The molecule has 1 saturated heterocycles. The fourth-order valence-electron chi connectivity index (χ4n) is 6.09. The lowest BCUT2D eigenvalue weighted by Crippen LogP contribution is -2.51. The third-order valence-electron chi connectivity index (χ3n) is 8.70. The molecule has 2 aliphatic carbocycles. The van der Waals surface area contributed by atoms with Gasteiger partial charge in [0, 0.05) is 24.2 Å². The second-order valence-corrected chi connectivity index (χ2v) is 12.6. The van der Waals surface area contributed by atoms with Crippen LogP contribution in [0, 0.1) is 29.6 Å². The number of hydrogen-bond donors (Lipinski definition) is 1. The van der Waals surface area contributed by atoms with Gasteiger partial charge in [-0.15, -0.1) is 0 Å². The Morgan fingerprint density at radius 2 is 1.97 bits per heavy atom. The summed E-state index contributed by atoms with van der Waals surface area (Å²) in [4.78, 5) is 13.4. The average molecular weight is 453 g/mol. The van der Waals surface area contributed by atoms with Crippen molar-refractivity contribution in [3.8, 4) is 0 Å². The number of carbonyl (C=O) groups excluding carboxylic acids is 1. The van der Waals surface area contributed by atoms with Crippen LogP contribution in [0.25, 0.3) is 0 Å². The first-order chi connectivity index (χ1) is 14.0. The molecule has 0 spiro atoms. The van der Waals surface area contributed by atoms with Gasteiger partial charge in [0.25, 0.3) is 0 Å². The number of halogens is 1. The van der Waals surface area contributed by atoms with Gasteiger partial charge in [0.2, 0.25) is 15.9 Å². The number of sulfonamides is 1. The van der Waals surface area contributed by atoms with Gasteiger partial charge in [-0.2, -0.15) is 4.31 Å². The molecule has 30 heavy (non-hydrogen) atoms. The molecule has 1 aliphatic heterocycles. The summed E-state index contributed by atoms with van der Waals surface area (Å²) in [5.41, 5.74) is 0.908. The summed E-state index contributed by atoms with van der Waals surface area (Å²) in [7, 11) is -3.68. The van der Waals surface area contributed by atoms with E-state index < -0.39 is 10.0 Å². The van der Waals surface area contributed by atoms with Crippen LogP contribution in [0.1, 0.15) is 58.4 Å². The summed E-state index contributed by atoms with van der Waals surface area (Å²) in [6, 6.07) is 5.13. The Morgan fingerprint density at radius 1 is 1.23 bits per heavy atom. The van der Waals surface area contributed by atoms with E-state index in [1.165, 1.54) is 10.7 Å². The first-order valence-electron chi connectivity index (χ1n) is 11.0. The topological polar surface area (TPSA) is 66.5 Å². The molecule has 0 unspecified atom stereocenters. The van der Waals surface area contributed by atoms with Crippen molar-refractivity contribution in [1.82, 2.24) is 9.62 Å². The van der Waals surface area contributed by atoms with Crippen LogP contribution in [0.3, 0.4) is 0 Å². The minimum atomic E-state index is -3.68. The van der Waals surface area contributed by atoms with E-state index in [-0.39, 0.29) is 40.1 Å². The smallest absolute Gasteiger partial charge is 0.243 e. The Bertz CT molecular complexity index is 961. The maximum atomic E-state index is 13.2. The van der Waals surface area contributed by atoms with E-state index in [1.807, 2.05) is 0 Å². The Labute approximate surface area is 185 Å². The second-order valence-electron chi connectivity index (χ2n) is 10.2. The van der Waals surface area contributed by atoms with Gasteiger partial charge in [-0.1, -0.05) is 38.4 Å². The summed E-state index contributed by atoms with van der Waals surface area (Å²) >= 11 is 6.15. The second kappa shape index (κ2) is 7.49. The summed E-state index contributed by atoms with van der Waals surface area (Å²) in [5, 5.41) is 3.77. The Balaban J connectivity index is 1.48. The molecule has 0 radical (unpaired) electrons. The van der Waals surface area contributed by atoms with Crippen LogP contribution >= 0.6 is 11.6 Å². The van der Waals surface area contributed by atoms with Crippen molar-refractivity contribution < 1.29 is 13.2 Å². The number of fused-ring (bicyclic) bond motifs is 2. The molecular formula is C23H33ClN2O3S. The van der Waals surface area contributed by atoms with Crippen molar-refractivity contribution in [3.63, 3.8) is 0 Å². The quantitative estimate of drug-likeness (QED) is 0.737. The molecule has 0 aromatic heterocycles. The molecule has 1 amide bonds. The van der Waals surface area contributed by atoms with E-state index in [2.05, 4.69) is 26.1 Å². The maximum absolute atomic E-state index is 13.2. The summed E-state index contributed by atoms with van der Waals surface area (Å²) in [6.45, 7) is 9.37. The number of carbonyl (C=O) groups is 1. The lowest BCUT2D eigenvalue weighted by molar-refractivity contribution is -0.127. The molecule has 166 valence electrons. The predicted octanol–water partition coefficient (Wildman–Crippen LogP) is 4.38. The minimum absolute atomic E-state index is 0.00675. The summed E-state index contributed by atoms with van der Waals surface area (Å²) in [5.74, 6) is 0.355. The Kier molecular flexibility index (Phi) is 5.52. The first kappa shape index (κ1) is 22.1. The molecular weight excluding hydrogens is 420 g/mol. The molecule has 1 aromatic carbocycles. The van der Waals surface area contributed by atoms with Gasteiger partial charge in [0.15, 0.2) is 0 Å². The molecule has 3 aliphatic rings. The maximum Gasteiger partial charge on any atom is 0.243 e. The molecule has 1 N–H and O–H groups in total. The van der Waals surface area contributed by atoms with E-state index in [0.29, 0.717) is 29.5 Å². The van der Waals surface area contributed by atoms with Gasteiger partial charge in [0.05, 0.1) is 10.8 Å². The zero-order valence-corrected chi connectivity index (χ0v) is 19.9. The van der Waals surface area contributed by atoms with E-state index in [9.17, 15) is 13.2 Å². The van der Waals surface area contributed by atoms with Gasteiger partial charge in [-0.05, 0) is 73.5 Å². The van der Waals surface area contributed by atoms with Gasteiger partial charge in [0.1, 0.15) is 0 Å². The number of hydrogen-bond acceptors (Lipinski definition) is 3. The van der Waals surface area contributed by atoms with Crippen molar-refractivity contribution in [3.05, 3.63) is 28.8 Å².